The van der Waals surface area contributed by atoms with Crippen LogP contribution in [0.25, 0.3) is 0 Å². The fourth-order valence-electron chi connectivity index (χ4n) is 1.60. The van der Waals surface area contributed by atoms with Gasteiger partial charge >= 0.3 is 6.18 Å². The quantitative estimate of drug-likeness (QED) is 0.642. The van der Waals surface area contributed by atoms with Crippen LogP contribution in [0.1, 0.15) is 18.9 Å². The number of alkyl halides is 3. The molecule has 0 saturated heterocycles. The van der Waals surface area contributed by atoms with E-state index < -0.39 is 30.5 Å². The lowest BCUT2D eigenvalue weighted by atomic mass is 9.98. The molecule has 0 fully saturated rings. The van der Waals surface area contributed by atoms with Crippen molar-refractivity contribution < 1.29 is 23.4 Å². The molecule has 0 aliphatic heterocycles. The van der Waals surface area contributed by atoms with Gasteiger partial charge in [0.2, 0.25) is 0 Å². The van der Waals surface area contributed by atoms with Crippen LogP contribution in [0.4, 0.5) is 24.8 Å². The second-order valence-corrected chi connectivity index (χ2v) is 4.45. The van der Waals surface area contributed by atoms with Gasteiger partial charge in [-0.3, -0.25) is 0 Å². The molecule has 0 atom stereocenters. The van der Waals surface area contributed by atoms with Crippen molar-refractivity contribution in [3.63, 3.8) is 0 Å². The summed E-state index contributed by atoms with van der Waals surface area (Å²) in [5.41, 5.74) is -1.97. The number of pyridine rings is 1. The number of hydrogen-bond acceptors (Lipinski definition) is 5. The maximum atomic E-state index is 12.8. The van der Waals surface area contributed by atoms with Gasteiger partial charge in [0.1, 0.15) is 11.6 Å². The number of anilines is 2. The van der Waals surface area contributed by atoms with E-state index >= 15 is 0 Å². The molecule has 0 aliphatic carbocycles. The van der Waals surface area contributed by atoms with Gasteiger partial charge < -0.3 is 20.8 Å². The summed E-state index contributed by atoms with van der Waals surface area (Å²) < 4.78 is 38.3. The van der Waals surface area contributed by atoms with Crippen LogP contribution >= 0.6 is 0 Å². The van der Waals surface area contributed by atoms with E-state index in [-0.39, 0.29) is 11.6 Å². The molecule has 0 saturated carbocycles. The van der Waals surface area contributed by atoms with E-state index in [2.05, 4.69) is 15.6 Å². The van der Waals surface area contributed by atoms with Crippen molar-refractivity contribution in [2.45, 2.75) is 25.1 Å². The number of rotatable bonds is 6. The number of aromatic nitrogens is 1. The standard InChI is InChI=1S/C12H18F3N3O2/c1-3-11(6-19,7-20)18-10-5-8(12(13,14)15)4-9(16-2)17-10/h4-5,19-20H,3,6-7H2,1-2H3,(H2,16,17,18). The molecule has 0 amide bonds. The molecule has 4 N–H and O–H groups in total. The second-order valence-electron chi connectivity index (χ2n) is 4.45. The zero-order valence-electron chi connectivity index (χ0n) is 11.3. The minimum atomic E-state index is -4.50. The Hall–Kier alpha value is -1.54. The topological polar surface area (TPSA) is 77.4 Å². The summed E-state index contributed by atoms with van der Waals surface area (Å²) in [6.45, 7) is 0.853. The Morgan fingerprint density at radius 3 is 2.10 bits per heavy atom. The lowest BCUT2D eigenvalue weighted by molar-refractivity contribution is -0.137. The molecular weight excluding hydrogens is 275 g/mol. The summed E-state index contributed by atoms with van der Waals surface area (Å²) in [5.74, 6) is -0.0164. The van der Waals surface area contributed by atoms with Gasteiger partial charge in [-0.05, 0) is 18.6 Å². The second kappa shape index (κ2) is 6.27. The number of aliphatic hydroxyl groups is 2. The van der Waals surface area contributed by atoms with Crippen LogP contribution in [0.3, 0.4) is 0 Å². The summed E-state index contributed by atoms with van der Waals surface area (Å²) in [6.07, 6.45) is -4.18. The molecule has 8 heteroatoms. The van der Waals surface area contributed by atoms with E-state index in [9.17, 15) is 23.4 Å². The first-order valence-electron chi connectivity index (χ1n) is 6.07. The van der Waals surface area contributed by atoms with Crippen molar-refractivity contribution >= 4 is 11.6 Å². The summed E-state index contributed by atoms with van der Waals surface area (Å²) in [4.78, 5) is 3.95. The lowest BCUT2D eigenvalue weighted by Gasteiger charge is -2.30. The Morgan fingerprint density at radius 1 is 1.15 bits per heavy atom. The third-order valence-electron chi connectivity index (χ3n) is 3.08. The highest BCUT2D eigenvalue weighted by Gasteiger charge is 2.33. The van der Waals surface area contributed by atoms with E-state index in [0.29, 0.717) is 6.42 Å². The molecule has 0 aromatic carbocycles. The summed E-state index contributed by atoms with van der Waals surface area (Å²) in [7, 11) is 1.46. The first-order chi connectivity index (χ1) is 9.30. The number of aliphatic hydroxyl groups excluding tert-OH is 2. The molecule has 20 heavy (non-hydrogen) atoms. The van der Waals surface area contributed by atoms with Crippen molar-refractivity contribution in [3.8, 4) is 0 Å². The highest BCUT2D eigenvalue weighted by Crippen LogP contribution is 2.32. The third-order valence-corrected chi connectivity index (χ3v) is 3.08. The van der Waals surface area contributed by atoms with Crippen molar-refractivity contribution in [1.82, 2.24) is 4.98 Å². The lowest BCUT2D eigenvalue weighted by Crippen LogP contribution is -2.45. The minimum absolute atomic E-state index is 0.0446. The van der Waals surface area contributed by atoms with Crippen LogP contribution in [0, 0.1) is 0 Å². The van der Waals surface area contributed by atoms with Gasteiger partial charge in [0, 0.05) is 7.05 Å². The molecule has 1 heterocycles. The Balaban J connectivity index is 3.18. The van der Waals surface area contributed by atoms with Crippen molar-refractivity contribution in [2.24, 2.45) is 0 Å². The first kappa shape index (κ1) is 16.5. The van der Waals surface area contributed by atoms with E-state index in [4.69, 9.17) is 0 Å². The zero-order valence-corrected chi connectivity index (χ0v) is 11.3. The molecule has 5 nitrogen and oxygen atoms in total. The Labute approximate surface area is 114 Å². The number of hydrogen-bond donors (Lipinski definition) is 4. The minimum Gasteiger partial charge on any atom is -0.394 e. The van der Waals surface area contributed by atoms with E-state index in [0.717, 1.165) is 12.1 Å². The first-order valence-corrected chi connectivity index (χ1v) is 6.07. The normalized spacial score (nSPS) is 12.3. The van der Waals surface area contributed by atoms with Gasteiger partial charge in [0.25, 0.3) is 0 Å². The SMILES string of the molecule is CCC(CO)(CO)Nc1cc(C(F)(F)F)cc(NC)n1. The average molecular weight is 293 g/mol. The summed E-state index contributed by atoms with van der Waals surface area (Å²) >= 11 is 0. The van der Waals surface area contributed by atoms with Crippen molar-refractivity contribution in [2.75, 3.05) is 30.9 Å². The molecule has 114 valence electrons. The van der Waals surface area contributed by atoms with Gasteiger partial charge in [-0.25, -0.2) is 4.98 Å². The maximum Gasteiger partial charge on any atom is 0.416 e. The van der Waals surface area contributed by atoms with Gasteiger partial charge in [-0.1, -0.05) is 6.92 Å². The maximum absolute atomic E-state index is 12.8. The van der Waals surface area contributed by atoms with Crippen LogP contribution in [0.5, 0.6) is 0 Å². The number of nitrogens with zero attached hydrogens (tertiary/aromatic N) is 1. The van der Waals surface area contributed by atoms with Crippen LogP contribution in [-0.2, 0) is 6.18 Å². The van der Waals surface area contributed by atoms with Gasteiger partial charge in [-0.15, -0.1) is 0 Å². The number of nitrogens with one attached hydrogen (secondary N) is 2. The van der Waals surface area contributed by atoms with Crippen LogP contribution < -0.4 is 10.6 Å². The molecule has 1 aromatic rings. The molecule has 0 unspecified atom stereocenters. The van der Waals surface area contributed by atoms with Crippen LogP contribution in [-0.4, -0.2) is 41.0 Å². The molecular formula is C12H18F3N3O2. The van der Waals surface area contributed by atoms with Gasteiger partial charge in [0.15, 0.2) is 0 Å². The summed E-state index contributed by atoms with van der Waals surface area (Å²) in [5, 5.41) is 23.8. The smallest absolute Gasteiger partial charge is 0.394 e. The van der Waals surface area contributed by atoms with Gasteiger partial charge in [-0.2, -0.15) is 13.2 Å². The molecule has 0 aliphatic rings. The molecule has 0 radical (unpaired) electrons. The van der Waals surface area contributed by atoms with Gasteiger partial charge in [0.05, 0.1) is 24.3 Å². The highest BCUT2D eigenvalue weighted by atomic mass is 19.4. The summed E-state index contributed by atoms with van der Waals surface area (Å²) in [6, 6.07) is 1.73. The fraction of sp³-hybridized carbons (Fsp3) is 0.583. The van der Waals surface area contributed by atoms with Crippen LogP contribution in [0.15, 0.2) is 12.1 Å². The largest absolute Gasteiger partial charge is 0.416 e. The third kappa shape index (κ3) is 3.73. The highest BCUT2D eigenvalue weighted by molar-refractivity contribution is 5.50. The molecule has 0 spiro atoms. The average Bonchev–Trinajstić information content (AvgIpc) is 2.43. The van der Waals surface area contributed by atoms with E-state index in [1.807, 2.05) is 0 Å². The predicted molar refractivity (Wildman–Crippen MR) is 69.6 cm³/mol. The van der Waals surface area contributed by atoms with Crippen LogP contribution in [0.2, 0.25) is 0 Å². The van der Waals surface area contributed by atoms with Crippen molar-refractivity contribution in [1.29, 1.82) is 0 Å². The molecule has 1 aromatic heterocycles. The Bertz CT molecular complexity index is 440. The number of halogens is 3. The van der Waals surface area contributed by atoms with E-state index in [1.54, 1.807) is 6.92 Å². The predicted octanol–water partition coefficient (Wildman–Crippen LogP) is 1.69. The molecule has 1 rings (SSSR count). The Morgan fingerprint density at radius 2 is 1.70 bits per heavy atom. The molecule has 0 bridgehead atoms. The van der Waals surface area contributed by atoms with Crippen molar-refractivity contribution in [3.05, 3.63) is 17.7 Å². The monoisotopic (exact) mass is 293 g/mol. The Kier molecular flexibility index (Phi) is 5.18. The van der Waals surface area contributed by atoms with E-state index in [1.165, 1.54) is 7.05 Å². The fourth-order valence-corrected chi connectivity index (χ4v) is 1.60. The zero-order chi connectivity index (χ0) is 15.4.